The number of aromatic nitrogens is 2. The van der Waals surface area contributed by atoms with E-state index in [1.807, 2.05) is 35.2 Å². The predicted molar refractivity (Wildman–Crippen MR) is 123 cm³/mol. The number of carbonyl (C=O) groups excluding carboxylic acids is 2. The molecule has 1 aromatic carbocycles. The summed E-state index contributed by atoms with van der Waals surface area (Å²) in [4.78, 5) is 35.9. The van der Waals surface area contributed by atoms with E-state index >= 15 is 0 Å². The number of hydrogen-bond donors (Lipinski definition) is 4. The molecule has 34 heavy (non-hydrogen) atoms. The summed E-state index contributed by atoms with van der Waals surface area (Å²) in [6, 6.07) is 9.15. The zero-order chi connectivity index (χ0) is 24.2. The number of halogens is 1. The van der Waals surface area contributed by atoms with Crippen molar-refractivity contribution < 1.29 is 19.2 Å². The van der Waals surface area contributed by atoms with Crippen LogP contribution in [-0.2, 0) is 4.79 Å². The van der Waals surface area contributed by atoms with Gasteiger partial charge in [-0.2, -0.15) is 0 Å². The maximum atomic E-state index is 14.6. The minimum absolute atomic E-state index is 0.0818. The molecule has 0 radical (unpaired) electrons. The molecule has 1 aliphatic rings. The quantitative estimate of drug-likeness (QED) is 0.0824. The summed E-state index contributed by atoms with van der Waals surface area (Å²) in [6.45, 7) is 1.17. The van der Waals surface area contributed by atoms with Crippen LogP contribution in [0.2, 0.25) is 0 Å². The van der Waals surface area contributed by atoms with Crippen molar-refractivity contribution in [1.82, 2.24) is 19.8 Å². The molecular weight excluding hydrogens is 443 g/mol. The van der Waals surface area contributed by atoms with E-state index in [9.17, 15) is 19.2 Å². The summed E-state index contributed by atoms with van der Waals surface area (Å²) in [5.41, 5.74) is 6.12. The Hall–Kier alpha value is -4.45. The van der Waals surface area contributed by atoms with Gasteiger partial charge in [-0.3, -0.25) is 14.6 Å². The van der Waals surface area contributed by atoms with Crippen molar-refractivity contribution in [2.75, 3.05) is 31.2 Å². The smallest absolute Gasteiger partial charge is 0.295 e. The van der Waals surface area contributed by atoms with Gasteiger partial charge in [0.15, 0.2) is 17.5 Å². The molecule has 0 spiro atoms. The number of carbonyl (C=O) groups is 2. The van der Waals surface area contributed by atoms with Gasteiger partial charge in [-0.05, 0) is 0 Å². The molecule has 6 N–H and O–H groups in total. The van der Waals surface area contributed by atoms with Crippen LogP contribution in [-0.4, -0.2) is 68.7 Å². The summed E-state index contributed by atoms with van der Waals surface area (Å²) in [5.74, 6) is 3.99. The van der Waals surface area contributed by atoms with Crippen LogP contribution in [0, 0.1) is 5.82 Å². The Kier molecular flexibility index (Phi) is 6.41. The summed E-state index contributed by atoms with van der Waals surface area (Å²) in [6.07, 6.45) is 4.68. The van der Waals surface area contributed by atoms with Gasteiger partial charge in [-0.15, -0.1) is 0 Å². The van der Waals surface area contributed by atoms with Gasteiger partial charge >= 0.3 is 0 Å². The third kappa shape index (κ3) is 4.13. The van der Waals surface area contributed by atoms with Gasteiger partial charge in [0, 0.05) is 50.3 Å². The number of benzene rings is 1. The van der Waals surface area contributed by atoms with Crippen molar-refractivity contribution in [3.05, 3.63) is 72.1 Å². The molecule has 1 saturated heterocycles. The van der Waals surface area contributed by atoms with E-state index in [0.717, 1.165) is 16.8 Å². The fraction of sp³-hybridized carbons (Fsp3) is 0.182. The lowest BCUT2D eigenvalue weighted by Gasteiger charge is -2.35. The van der Waals surface area contributed by atoms with Gasteiger partial charge in [-0.1, -0.05) is 35.5 Å². The molecule has 0 bridgehead atoms. The average Bonchev–Trinajstić information content (AvgIpc) is 3.31. The highest BCUT2D eigenvalue weighted by Gasteiger charge is 2.31. The molecule has 0 atom stereocenters. The number of amides is 1. The summed E-state index contributed by atoms with van der Waals surface area (Å²) >= 11 is 0. The Morgan fingerprint density at radius 1 is 1.18 bits per heavy atom. The predicted octanol–water partition coefficient (Wildman–Crippen LogP) is 0.975. The number of ketones is 1. The molecule has 0 unspecified atom stereocenters. The van der Waals surface area contributed by atoms with E-state index in [2.05, 4.69) is 15.1 Å². The van der Waals surface area contributed by atoms with E-state index in [-0.39, 0.29) is 35.4 Å². The average molecular weight is 466 g/mol. The van der Waals surface area contributed by atoms with Gasteiger partial charge in [0.1, 0.15) is 0 Å². The Morgan fingerprint density at radius 3 is 2.50 bits per heavy atom. The highest BCUT2D eigenvalue weighted by Crippen LogP contribution is 2.28. The number of hydrogen-bond acceptors (Lipinski definition) is 8. The Morgan fingerprint density at radius 2 is 1.85 bits per heavy atom. The first-order valence-electron chi connectivity index (χ1n) is 10.4. The molecule has 0 aliphatic carbocycles. The monoisotopic (exact) mass is 466 g/mol. The number of amidine groups is 1. The van der Waals surface area contributed by atoms with Crippen LogP contribution in [0.4, 0.5) is 10.2 Å². The number of oxime groups is 1. The van der Waals surface area contributed by atoms with Crippen LogP contribution in [0.25, 0.3) is 10.9 Å². The van der Waals surface area contributed by atoms with Crippen LogP contribution < -0.4 is 16.6 Å². The Labute approximate surface area is 193 Å². The van der Waals surface area contributed by atoms with Crippen LogP contribution >= 0.6 is 0 Å². The maximum absolute atomic E-state index is 14.6. The van der Waals surface area contributed by atoms with Crippen molar-refractivity contribution in [3.63, 3.8) is 0 Å². The molecule has 3 heterocycles. The highest BCUT2D eigenvalue weighted by atomic mass is 19.1. The first-order valence-corrected chi connectivity index (χ1v) is 10.4. The van der Waals surface area contributed by atoms with Crippen molar-refractivity contribution in [2.45, 2.75) is 0 Å². The number of H-pyrrole nitrogens is 1. The first kappa shape index (κ1) is 22.7. The van der Waals surface area contributed by atoms with Gasteiger partial charge in [0.2, 0.25) is 0 Å². The molecule has 2 aromatic heterocycles. The number of fused-ring (bicyclic) bond motifs is 1. The van der Waals surface area contributed by atoms with E-state index in [1.165, 1.54) is 23.5 Å². The summed E-state index contributed by atoms with van der Waals surface area (Å²) < 4.78 is 14.6. The number of Topliss-reactive ketones (excluding diaryl/α,β-unsaturated/α-hetero) is 1. The van der Waals surface area contributed by atoms with Gasteiger partial charge in [-0.25, -0.2) is 15.2 Å². The van der Waals surface area contributed by atoms with E-state index in [0.29, 0.717) is 18.9 Å². The lowest BCUT2D eigenvalue weighted by atomic mass is 10.1. The summed E-state index contributed by atoms with van der Waals surface area (Å²) in [7, 11) is 0. The fourth-order valence-electron chi connectivity index (χ4n) is 3.90. The number of piperazine rings is 1. The maximum Gasteiger partial charge on any atom is 0.295 e. The van der Waals surface area contributed by atoms with E-state index < -0.39 is 17.5 Å². The summed E-state index contributed by atoms with van der Waals surface area (Å²) in [5, 5.41) is 13.9. The van der Waals surface area contributed by atoms with Crippen LogP contribution in [0.3, 0.4) is 0 Å². The van der Waals surface area contributed by atoms with E-state index in [1.54, 1.807) is 0 Å². The second-order valence-electron chi connectivity index (χ2n) is 7.53. The third-order valence-electron chi connectivity index (χ3n) is 5.57. The molecule has 0 saturated carbocycles. The standard InChI is InChI=1S/C22H23FN8O3/c23-16-13-27-21(31(25)7-6-24)18-17(16)15(12-26-18)19(32)22(33)30-10-8-29(9-11-30)20(28-34)14-4-2-1-3-5-14/h1-7,12-13,26,34H,8-11,24-25H2/b7-6-,28-20?. The molecule has 176 valence electrons. The van der Waals surface area contributed by atoms with E-state index in [4.69, 9.17) is 11.6 Å². The Balaban J connectivity index is 1.52. The molecule has 4 rings (SSSR count). The molecule has 1 aliphatic heterocycles. The zero-order valence-corrected chi connectivity index (χ0v) is 18.1. The number of aromatic amines is 1. The van der Waals surface area contributed by atoms with Crippen LogP contribution in [0.5, 0.6) is 0 Å². The van der Waals surface area contributed by atoms with Crippen molar-refractivity contribution in [2.24, 2.45) is 16.7 Å². The first-order chi connectivity index (χ1) is 16.5. The molecule has 11 nitrogen and oxygen atoms in total. The topological polar surface area (TPSA) is 157 Å². The number of nitrogens with one attached hydrogen (secondary N) is 1. The van der Waals surface area contributed by atoms with Crippen LogP contribution in [0.1, 0.15) is 15.9 Å². The minimum atomic E-state index is -0.854. The Bertz CT molecular complexity index is 1270. The number of nitrogens with zero attached hydrogens (tertiary/aromatic N) is 5. The number of hydrazine groups is 1. The SMILES string of the molecule is N/C=C\N(N)c1ncc(F)c2c(C(=O)C(=O)N3CCN(C(=NO)c4ccccc4)CC3)c[nH]c12. The third-order valence-corrected chi connectivity index (χ3v) is 5.57. The van der Waals surface area contributed by atoms with Crippen LogP contribution in [0.15, 0.2) is 60.3 Å². The molecule has 1 fully saturated rings. The van der Waals surface area contributed by atoms with Crippen molar-refractivity contribution in [3.8, 4) is 0 Å². The number of anilines is 1. The minimum Gasteiger partial charge on any atom is -0.409 e. The van der Waals surface area contributed by atoms with Crippen molar-refractivity contribution in [1.29, 1.82) is 0 Å². The lowest BCUT2D eigenvalue weighted by Crippen LogP contribution is -2.52. The van der Waals surface area contributed by atoms with Gasteiger partial charge in [0.05, 0.1) is 22.7 Å². The molecule has 12 heteroatoms. The number of nitrogens with two attached hydrogens (primary N) is 2. The molecular formula is C22H23FN8O3. The second kappa shape index (κ2) is 9.58. The zero-order valence-electron chi connectivity index (χ0n) is 18.1. The largest absolute Gasteiger partial charge is 0.409 e. The fourth-order valence-corrected chi connectivity index (χ4v) is 3.90. The normalized spacial score (nSPS) is 14.7. The van der Waals surface area contributed by atoms with Crippen molar-refractivity contribution >= 4 is 34.2 Å². The molecule has 1 amide bonds. The lowest BCUT2D eigenvalue weighted by molar-refractivity contribution is -0.127. The molecule has 3 aromatic rings. The number of pyridine rings is 1. The van der Waals surface area contributed by atoms with Gasteiger partial charge in [0.25, 0.3) is 11.7 Å². The van der Waals surface area contributed by atoms with Gasteiger partial charge < -0.3 is 25.7 Å². The second-order valence-corrected chi connectivity index (χ2v) is 7.53. The number of rotatable bonds is 5. The highest BCUT2D eigenvalue weighted by molar-refractivity contribution is 6.45.